The Labute approximate surface area is 173 Å². The molecule has 0 spiro atoms. The molecule has 2 amide bonds. The van der Waals surface area contributed by atoms with Crippen LogP contribution in [0, 0.1) is 0 Å². The molecule has 2 rings (SSSR count). The molecule has 0 fully saturated rings. The van der Waals surface area contributed by atoms with Gasteiger partial charge in [0.25, 0.3) is 0 Å². The Bertz CT molecular complexity index is 775. The SMILES string of the molecule is COc1ccc(CNC(=O)NC(C)CCc2ccc(OC(C)C)cc2)cc1OC. The minimum atomic E-state index is -0.187. The predicted octanol–water partition coefficient (Wildman–Crippen LogP) is 4.31. The summed E-state index contributed by atoms with van der Waals surface area (Å²) in [6.07, 6.45) is 1.91. The number of carbonyl (C=O) groups is 1. The third-order valence-corrected chi connectivity index (χ3v) is 4.44. The summed E-state index contributed by atoms with van der Waals surface area (Å²) in [6.45, 7) is 6.44. The van der Waals surface area contributed by atoms with Gasteiger partial charge in [0.15, 0.2) is 11.5 Å². The summed E-state index contributed by atoms with van der Waals surface area (Å²) in [7, 11) is 3.19. The van der Waals surface area contributed by atoms with E-state index in [1.54, 1.807) is 14.2 Å². The fraction of sp³-hybridized carbons (Fsp3) is 0.435. The van der Waals surface area contributed by atoms with Crippen molar-refractivity contribution in [2.75, 3.05) is 14.2 Å². The summed E-state index contributed by atoms with van der Waals surface area (Å²) in [6, 6.07) is 13.6. The molecule has 0 saturated heterocycles. The third kappa shape index (κ3) is 7.56. The van der Waals surface area contributed by atoms with E-state index in [4.69, 9.17) is 14.2 Å². The number of methoxy groups -OCH3 is 2. The van der Waals surface area contributed by atoms with Crippen LogP contribution in [0.3, 0.4) is 0 Å². The lowest BCUT2D eigenvalue weighted by atomic mass is 10.1. The molecule has 0 heterocycles. The van der Waals surface area contributed by atoms with Crippen LogP contribution in [0.2, 0.25) is 0 Å². The first-order chi connectivity index (χ1) is 13.9. The molecule has 6 heteroatoms. The van der Waals surface area contributed by atoms with Crippen molar-refractivity contribution in [3.63, 3.8) is 0 Å². The first-order valence-electron chi connectivity index (χ1n) is 9.92. The third-order valence-electron chi connectivity index (χ3n) is 4.44. The monoisotopic (exact) mass is 400 g/mol. The maximum Gasteiger partial charge on any atom is 0.315 e. The number of urea groups is 1. The molecule has 2 aromatic rings. The molecule has 0 aliphatic heterocycles. The summed E-state index contributed by atoms with van der Waals surface area (Å²) >= 11 is 0. The molecule has 29 heavy (non-hydrogen) atoms. The molecule has 0 aliphatic carbocycles. The first-order valence-corrected chi connectivity index (χ1v) is 9.92. The van der Waals surface area contributed by atoms with E-state index in [9.17, 15) is 4.79 Å². The fourth-order valence-electron chi connectivity index (χ4n) is 2.91. The number of amides is 2. The van der Waals surface area contributed by atoms with E-state index in [0.29, 0.717) is 18.0 Å². The van der Waals surface area contributed by atoms with Crippen LogP contribution in [0.25, 0.3) is 0 Å². The molecule has 2 aromatic carbocycles. The highest BCUT2D eigenvalue weighted by Crippen LogP contribution is 2.27. The van der Waals surface area contributed by atoms with Gasteiger partial charge >= 0.3 is 6.03 Å². The molecule has 0 saturated carbocycles. The Morgan fingerprint density at radius 3 is 2.21 bits per heavy atom. The Kier molecular flexibility index (Phi) is 8.65. The second-order valence-electron chi connectivity index (χ2n) is 7.27. The molecule has 0 bridgehead atoms. The molecule has 0 aliphatic rings. The summed E-state index contributed by atoms with van der Waals surface area (Å²) in [5, 5.41) is 5.86. The minimum absolute atomic E-state index is 0.0620. The van der Waals surface area contributed by atoms with Crippen LogP contribution < -0.4 is 24.8 Å². The van der Waals surface area contributed by atoms with Crippen molar-refractivity contribution in [2.45, 2.75) is 52.3 Å². The van der Waals surface area contributed by atoms with Gasteiger partial charge in [-0.1, -0.05) is 18.2 Å². The number of rotatable bonds is 10. The van der Waals surface area contributed by atoms with Gasteiger partial charge in [0, 0.05) is 12.6 Å². The lowest BCUT2D eigenvalue weighted by Crippen LogP contribution is -2.40. The van der Waals surface area contributed by atoms with Gasteiger partial charge in [-0.25, -0.2) is 4.79 Å². The second kappa shape index (κ2) is 11.2. The number of nitrogens with one attached hydrogen (secondary N) is 2. The number of hydrogen-bond acceptors (Lipinski definition) is 4. The summed E-state index contributed by atoms with van der Waals surface area (Å²) in [5.41, 5.74) is 2.16. The largest absolute Gasteiger partial charge is 0.493 e. The zero-order valence-corrected chi connectivity index (χ0v) is 18.0. The summed E-state index contributed by atoms with van der Waals surface area (Å²) in [5.74, 6) is 2.19. The molecular weight excluding hydrogens is 368 g/mol. The van der Waals surface area contributed by atoms with Gasteiger partial charge in [-0.2, -0.15) is 0 Å². The van der Waals surface area contributed by atoms with E-state index >= 15 is 0 Å². The average molecular weight is 401 g/mol. The maximum atomic E-state index is 12.2. The fourth-order valence-corrected chi connectivity index (χ4v) is 2.91. The zero-order valence-electron chi connectivity index (χ0n) is 18.0. The summed E-state index contributed by atoms with van der Waals surface area (Å²) < 4.78 is 16.2. The van der Waals surface area contributed by atoms with E-state index in [-0.39, 0.29) is 18.2 Å². The van der Waals surface area contributed by atoms with Gasteiger partial charge in [-0.15, -0.1) is 0 Å². The van der Waals surface area contributed by atoms with E-state index in [0.717, 1.165) is 24.2 Å². The molecular formula is C23H32N2O4. The van der Waals surface area contributed by atoms with Crippen LogP contribution in [0.15, 0.2) is 42.5 Å². The van der Waals surface area contributed by atoms with Crippen LogP contribution >= 0.6 is 0 Å². The number of benzene rings is 2. The molecule has 1 atom stereocenters. The van der Waals surface area contributed by atoms with E-state index < -0.39 is 0 Å². The van der Waals surface area contributed by atoms with Crippen molar-refractivity contribution in [2.24, 2.45) is 0 Å². The minimum Gasteiger partial charge on any atom is -0.493 e. The van der Waals surface area contributed by atoms with Gasteiger partial charge in [0.1, 0.15) is 5.75 Å². The lowest BCUT2D eigenvalue weighted by molar-refractivity contribution is 0.236. The molecule has 2 N–H and O–H groups in total. The van der Waals surface area contributed by atoms with Crippen LogP contribution in [0.1, 0.15) is 38.3 Å². The van der Waals surface area contributed by atoms with Crippen molar-refractivity contribution < 1.29 is 19.0 Å². The topological polar surface area (TPSA) is 68.8 Å². The Balaban J connectivity index is 1.74. The van der Waals surface area contributed by atoms with Crippen LogP contribution in [-0.2, 0) is 13.0 Å². The van der Waals surface area contributed by atoms with Crippen molar-refractivity contribution >= 4 is 6.03 Å². The van der Waals surface area contributed by atoms with Crippen molar-refractivity contribution in [1.29, 1.82) is 0 Å². The highest BCUT2D eigenvalue weighted by molar-refractivity contribution is 5.74. The van der Waals surface area contributed by atoms with Crippen LogP contribution in [0.5, 0.6) is 17.2 Å². The lowest BCUT2D eigenvalue weighted by Gasteiger charge is -2.15. The molecule has 1 unspecified atom stereocenters. The maximum absolute atomic E-state index is 12.2. The van der Waals surface area contributed by atoms with Gasteiger partial charge in [0.05, 0.1) is 20.3 Å². The summed E-state index contributed by atoms with van der Waals surface area (Å²) in [4.78, 5) is 12.2. The normalized spacial score (nSPS) is 11.7. The van der Waals surface area contributed by atoms with E-state index in [2.05, 4.69) is 22.8 Å². The van der Waals surface area contributed by atoms with Gasteiger partial charge in [-0.3, -0.25) is 0 Å². The van der Waals surface area contributed by atoms with Crippen molar-refractivity contribution in [1.82, 2.24) is 10.6 Å². The Hall–Kier alpha value is -2.89. The molecule has 158 valence electrons. The van der Waals surface area contributed by atoms with Crippen molar-refractivity contribution in [3.8, 4) is 17.2 Å². The number of hydrogen-bond donors (Lipinski definition) is 2. The molecule has 6 nitrogen and oxygen atoms in total. The second-order valence-corrected chi connectivity index (χ2v) is 7.27. The van der Waals surface area contributed by atoms with Crippen LogP contribution in [-0.4, -0.2) is 32.4 Å². The van der Waals surface area contributed by atoms with Gasteiger partial charge < -0.3 is 24.8 Å². The number of carbonyl (C=O) groups excluding carboxylic acids is 1. The van der Waals surface area contributed by atoms with Gasteiger partial charge in [0.2, 0.25) is 0 Å². The first kappa shape index (κ1) is 22.4. The highest BCUT2D eigenvalue weighted by Gasteiger charge is 2.09. The highest BCUT2D eigenvalue weighted by atomic mass is 16.5. The average Bonchev–Trinajstić information content (AvgIpc) is 2.71. The van der Waals surface area contributed by atoms with E-state index in [1.807, 2.05) is 51.1 Å². The number of ether oxygens (including phenoxy) is 3. The Morgan fingerprint density at radius 1 is 0.931 bits per heavy atom. The van der Waals surface area contributed by atoms with Crippen LogP contribution in [0.4, 0.5) is 4.79 Å². The smallest absolute Gasteiger partial charge is 0.315 e. The number of aryl methyl sites for hydroxylation is 1. The molecule has 0 aromatic heterocycles. The molecule has 0 radical (unpaired) electrons. The standard InChI is InChI=1S/C23H32N2O4/c1-16(2)29-20-11-8-18(9-12-20)7-6-17(3)25-23(26)24-15-19-10-13-21(27-4)22(14-19)28-5/h8-14,16-17H,6-7,15H2,1-5H3,(H2,24,25,26). The van der Waals surface area contributed by atoms with E-state index in [1.165, 1.54) is 5.56 Å². The zero-order chi connectivity index (χ0) is 21.2. The quantitative estimate of drug-likeness (QED) is 0.623. The predicted molar refractivity (Wildman–Crippen MR) is 115 cm³/mol. The van der Waals surface area contributed by atoms with Gasteiger partial charge in [-0.05, 0) is 69.0 Å². The van der Waals surface area contributed by atoms with Crippen molar-refractivity contribution in [3.05, 3.63) is 53.6 Å². The Morgan fingerprint density at radius 2 is 1.59 bits per heavy atom.